The van der Waals surface area contributed by atoms with Crippen LogP contribution in [0.25, 0.3) is 11.2 Å². The molecule has 2 N–H and O–H groups in total. The van der Waals surface area contributed by atoms with E-state index in [2.05, 4.69) is 9.97 Å². The summed E-state index contributed by atoms with van der Waals surface area (Å²) in [7, 11) is 0. The Hall–Kier alpha value is -2.41. The topological polar surface area (TPSA) is 56.7 Å². The van der Waals surface area contributed by atoms with Gasteiger partial charge in [-0.1, -0.05) is 24.3 Å². The average molecular weight is 320 g/mol. The second-order valence-corrected chi connectivity index (χ2v) is 5.40. The number of aryl methyl sites for hydroxylation is 1. The Morgan fingerprint density at radius 3 is 2.39 bits per heavy atom. The molecule has 7 heteroatoms. The van der Waals surface area contributed by atoms with Crippen LogP contribution in [0, 0.1) is 6.92 Å². The van der Waals surface area contributed by atoms with Crippen molar-refractivity contribution in [3.63, 3.8) is 0 Å². The third-order valence-corrected chi connectivity index (χ3v) is 3.57. The Labute approximate surface area is 130 Å². The number of hydrogen-bond acceptors (Lipinski definition) is 3. The molecule has 23 heavy (non-hydrogen) atoms. The molecular weight excluding hydrogens is 305 g/mol. The van der Waals surface area contributed by atoms with Crippen molar-refractivity contribution in [2.24, 2.45) is 5.73 Å². The quantitative estimate of drug-likeness (QED) is 0.806. The molecule has 0 amide bonds. The summed E-state index contributed by atoms with van der Waals surface area (Å²) in [6, 6.07) is 8.74. The number of nitrogens with two attached hydrogens (primary N) is 1. The number of hydrogen-bond donors (Lipinski definition) is 1. The lowest BCUT2D eigenvalue weighted by atomic mass is 10.1. The van der Waals surface area contributed by atoms with Crippen molar-refractivity contribution in [2.45, 2.75) is 26.2 Å². The van der Waals surface area contributed by atoms with Crippen LogP contribution in [0.3, 0.4) is 0 Å². The molecule has 0 radical (unpaired) electrons. The minimum atomic E-state index is -4.54. The fraction of sp³-hybridized carbons (Fsp3) is 0.250. The summed E-state index contributed by atoms with van der Waals surface area (Å²) in [5.41, 5.74) is 8.43. The van der Waals surface area contributed by atoms with Crippen molar-refractivity contribution in [1.29, 1.82) is 0 Å². The first kappa shape index (κ1) is 15.5. The van der Waals surface area contributed by atoms with Gasteiger partial charge in [-0.3, -0.25) is 0 Å². The van der Waals surface area contributed by atoms with Gasteiger partial charge < -0.3 is 10.3 Å². The maximum atomic E-state index is 13.3. The maximum absolute atomic E-state index is 13.3. The van der Waals surface area contributed by atoms with Crippen LogP contribution < -0.4 is 5.73 Å². The highest BCUT2D eigenvalue weighted by molar-refractivity contribution is 5.72. The Morgan fingerprint density at radius 1 is 1.13 bits per heavy atom. The summed E-state index contributed by atoms with van der Waals surface area (Å²) in [6.45, 7) is 2.21. The lowest BCUT2D eigenvalue weighted by molar-refractivity contribution is -0.146. The number of pyridine rings is 1. The summed E-state index contributed by atoms with van der Waals surface area (Å²) < 4.78 is 40.9. The minimum absolute atomic E-state index is 0.0479. The molecule has 0 aliphatic carbocycles. The van der Waals surface area contributed by atoms with E-state index in [9.17, 15) is 13.2 Å². The monoisotopic (exact) mass is 320 g/mol. The molecule has 0 fully saturated rings. The lowest BCUT2D eigenvalue weighted by Crippen LogP contribution is -2.16. The second-order valence-electron chi connectivity index (χ2n) is 5.40. The molecule has 3 aromatic rings. The van der Waals surface area contributed by atoms with E-state index in [1.165, 1.54) is 6.20 Å². The third-order valence-electron chi connectivity index (χ3n) is 3.57. The van der Waals surface area contributed by atoms with Gasteiger partial charge in [0.05, 0.1) is 6.54 Å². The number of benzene rings is 1. The number of nitrogens with zero attached hydrogens (tertiary/aromatic N) is 3. The van der Waals surface area contributed by atoms with Gasteiger partial charge in [0.1, 0.15) is 5.52 Å². The van der Waals surface area contributed by atoms with Crippen LogP contribution in [0.4, 0.5) is 13.2 Å². The average Bonchev–Trinajstić information content (AvgIpc) is 2.86. The van der Waals surface area contributed by atoms with Gasteiger partial charge in [-0.25, -0.2) is 9.97 Å². The van der Waals surface area contributed by atoms with E-state index in [1.807, 2.05) is 0 Å². The molecule has 4 nitrogen and oxygen atoms in total. The molecule has 3 rings (SSSR count). The fourth-order valence-corrected chi connectivity index (χ4v) is 2.44. The highest BCUT2D eigenvalue weighted by Gasteiger charge is 2.37. The van der Waals surface area contributed by atoms with Gasteiger partial charge in [-0.2, -0.15) is 13.2 Å². The van der Waals surface area contributed by atoms with Crippen molar-refractivity contribution < 1.29 is 13.2 Å². The number of imidazole rings is 1. The molecule has 2 heterocycles. The van der Waals surface area contributed by atoms with E-state index in [4.69, 9.17) is 5.73 Å². The van der Waals surface area contributed by atoms with E-state index < -0.39 is 12.0 Å². The van der Waals surface area contributed by atoms with Crippen molar-refractivity contribution >= 4 is 11.2 Å². The standard InChI is InChI=1S/C16H15F3N4/c1-10-6-13-14(21-8-10)23(15(22-13)16(17,18)19)9-12-4-2-11(7-20)3-5-12/h2-6,8H,7,9,20H2,1H3. The summed E-state index contributed by atoms with van der Waals surface area (Å²) in [5.74, 6) is -0.937. The van der Waals surface area contributed by atoms with E-state index in [0.717, 1.165) is 21.3 Å². The van der Waals surface area contributed by atoms with Gasteiger partial charge in [0, 0.05) is 12.7 Å². The normalized spacial score (nSPS) is 12.0. The van der Waals surface area contributed by atoms with Crippen molar-refractivity contribution in [3.8, 4) is 0 Å². The number of halogens is 3. The van der Waals surface area contributed by atoms with Crippen molar-refractivity contribution in [2.75, 3.05) is 0 Å². The van der Waals surface area contributed by atoms with Gasteiger partial charge in [-0.05, 0) is 29.7 Å². The summed E-state index contributed by atoms with van der Waals surface area (Å²) in [5, 5.41) is 0. The zero-order valence-corrected chi connectivity index (χ0v) is 12.4. The lowest BCUT2D eigenvalue weighted by Gasteiger charge is -2.11. The number of aromatic nitrogens is 3. The molecule has 2 aromatic heterocycles. The van der Waals surface area contributed by atoms with E-state index in [-0.39, 0.29) is 17.7 Å². The van der Waals surface area contributed by atoms with Crippen LogP contribution in [0.2, 0.25) is 0 Å². The first-order valence-corrected chi connectivity index (χ1v) is 7.06. The molecule has 1 aromatic carbocycles. The van der Waals surface area contributed by atoms with Crippen LogP contribution >= 0.6 is 0 Å². The molecule has 0 aliphatic rings. The molecule has 0 bridgehead atoms. The molecule has 0 aliphatic heterocycles. The van der Waals surface area contributed by atoms with Gasteiger partial charge in [-0.15, -0.1) is 0 Å². The first-order chi connectivity index (χ1) is 10.9. The summed E-state index contributed by atoms with van der Waals surface area (Å²) in [6.07, 6.45) is -3.00. The van der Waals surface area contributed by atoms with Crippen LogP contribution in [0.5, 0.6) is 0 Å². The first-order valence-electron chi connectivity index (χ1n) is 7.06. The number of fused-ring (bicyclic) bond motifs is 1. The Morgan fingerprint density at radius 2 is 1.78 bits per heavy atom. The highest BCUT2D eigenvalue weighted by Crippen LogP contribution is 2.31. The fourth-order valence-electron chi connectivity index (χ4n) is 2.44. The van der Waals surface area contributed by atoms with Crippen LogP contribution in [0.1, 0.15) is 22.5 Å². The maximum Gasteiger partial charge on any atom is 0.449 e. The van der Waals surface area contributed by atoms with Crippen molar-refractivity contribution in [1.82, 2.24) is 14.5 Å². The second kappa shape index (κ2) is 5.66. The Bertz CT molecular complexity index is 835. The SMILES string of the molecule is Cc1cnc2c(c1)nc(C(F)(F)F)n2Cc1ccc(CN)cc1. The predicted molar refractivity (Wildman–Crippen MR) is 80.7 cm³/mol. The van der Waals surface area contributed by atoms with Gasteiger partial charge in [0.2, 0.25) is 5.82 Å². The van der Waals surface area contributed by atoms with Crippen LogP contribution in [0.15, 0.2) is 36.5 Å². The Kier molecular flexibility index (Phi) is 3.81. The largest absolute Gasteiger partial charge is 0.449 e. The summed E-state index contributed by atoms with van der Waals surface area (Å²) in [4.78, 5) is 7.86. The van der Waals surface area contributed by atoms with Gasteiger partial charge >= 0.3 is 6.18 Å². The zero-order chi connectivity index (χ0) is 16.6. The zero-order valence-electron chi connectivity index (χ0n) is 12.4. The van der Waals surface area contributed by atoms with Gasteiger partial charge in [0.15, 0.2) is 5.65 Å². The number of rotatable bonds is 3. The third kappa shape index (κ3) is 3.05. The molecule has 0 saturated carbocycles. The van der Waals surface area contributed by atoms with Crippen LogP contribution in [-0.2, 0) is 19.3 Å². The van der Waals surface area contributed by atoms with E-state index in [1.54, 1.807) is 37.3 Å². The predicted octanol–water partition coefficient (Wildman–Crippen LogP) is 3.27. The molecule has 120 valence electrons. The van der Waals surface area contributed by atoms with E-state index >= 15 is 0 Å². The van der Waals surface area contributed by atoms with E-state index in [0.29, 0.717) is 6.54 Å². The minimum Gasteiger partial charge on any atom is -0.326 e. The molecule has 0 spiro atoms. The molecular formula is C16H15F3N4. The smallest absolute Gasteiger partial charge is 0.326 e. The molecule has 0 atom stereocenters. The van der Waals surface area contributed by atoms with Crippen molar-refractivity contribution in [3.05, 3.63) is 59.0 Å². The highest BCUT2D eigenvalue weighted by atomic mass is 19.4. The number of alkyl halides is 3. The Balaban J connectivity index is 2.10. The molecule has 0 unspecified atom stereocenters. The van der Waals surface area contributed by atoms with Gasteiger partial charge in [0.25, 0.3) is 0 Å². The summed E-state index contributed by atoms with van der Waals surface area (Å²) >= 11 is 0. The van der Waals surface area contributed by atoms with Crippen LogP contribution in [-0.4, -0.2) is 14.5 Å². The molecule has 0 saturated heterocycles.